The minimum absolute atomic E-state index is 0.127. The van der Waals surface area contributed by atoms with Gasteiger partial charge in [0.15, 0.2) is 0 Å². The number of amides is 1. The SMILES string of the molecule is COC(=O)c1ccc(NC(=O)CN2CCOc3ccccc32)cc1. The van der Waals surface area contributed by atoms with E-state index in [0.717, 1.165) is 11.4 Å². The highest BCUT2D eigenvalue weighted by Crippen LogP contribution is 2.30. The molecule has 1 aliphatic rings. The van der Waals surface area contributed by atoms with Gasteiger partial charge in [-0.2, -0.15) is 0 Å². The number of rotatable bonds is 4. The number of hydrogen-bond donors (Lipinski definition) is 1. The summed E-state index contributed by atoms with van der Waals surface area (Å²) in [6, 6.07) is 14.2. The Kier molecular flexibility index (Phi) is 4.65. The van der Waals surface area contributed by atoms with Gasteiger partial charge in [-0.15, -0.1) is 0 Å². The van der Waals surface area contributed by atoms with Crippen LogP contribution in [0.4, 0.5) is 11.4 Å². The maximum atomic E-state index is 12.3. The summed E-state index contributed by atoms with van der Waals surface area (Å²) in [6.07, 6.45) is 0. The van der Waals surface area contributed by atoms with Crippen LogP contribution in [0.15, 0.2) is 48.5 Å². The quantitative estimate of drug-likeness (QED) is 0.873. The van der Waals surface area contributed by atoms with E-state index in [9.17, 15) is 9.59 Å². The van der Waals surface area contributed by atoms with E-state index in [1.54, 1.807) is 24.3 Å². The van der Waals surface area contributed by atoms with Crippen LogP contribution in [0.25, 0.3) is 0 Å². The van der Waals surface area contributed by atoms with Crippen molar-refractivity contribution in [1.82, 2.24) is 0 Å². The fourth-order valence-corrected chi connectivity index (χ4v) is 2.57. The van der Waals surface area contributed by atoms with Crippen molar-refractivity contribution >= 4 is 23.3 Å². The molecule has 2 aromatic carbocycles. The standard InChI is InChI=1S/C18H18N2O4/c1-23-18(22)13-6-8-14(9-7-13)19-17(21)12-20-10-11-24-16-5-3-2-4-15(16)20/h2-9H,10-12H2,1H3,(H,19,21). The summed E-state index contributed by atoms with van der Waals surface area (Å²) in [7, 11) is 1.33. The lowest BCUT2D eigenvalue weighted by molar-refractivity contribution is -0.115. The van der Waals surface area contributed by atoms with Crippen molar-refractivity contribution in [2.24, 2.45) is 0 Å². The monoisotopic (exact) mass is 326 g/mol. The average molecular weight is 326 g/mol. The van der Waals surface area contributed by atoms with Crippen LogP contribution in [-0.2, 0) is 9.53 Å². The summed E-state index contributed by atoms with van der Waals surface area (Å²) in [4.78, 5) is 25.7. The van der Waals surface area contributed by atoms with Gasteiger partial charge in [-0.1, -0.05) is 12.1 Å². The highest BCUT2D eigenvalue weighted by molar-refractivity contribution is 5.95. The van der Waals surface area contributed by atoms with Gasteiger partial charge in [-0.25, -0.2) is 4.79 Å². The molecule has 0 spiro atoms. The Morgan fingerprint density at radius 3 is 2.67 bits per heavy atom. The van der Waals surface area contributed by atoms with E-state index >= 15 is 0 Å². The van der Waals surface area contributed by atoms with Crippen molar-refractivity contribution < 1.29 is 19.1 Å². The van der Waals surface area contributed by atoms with E-state index in [1.165, 1.54) is 7.11 Å². The molecule has 0 bridgehead atoms. The number of anilines is 2. The van der Waals surface area contributed by atoms with Crippen molar-refractivity contribution in [3.8, 4) is 5.75 Å². The first-order valence-corrected chi connectivity index (χ1v) is 7.62. The molecule has 1 heterocycles. The van der Waals surface area contributed by atoms with E-state index in [1.807, 2.05) is 29.2 Å². The predicted octanol–water partition coefficient (Wildman–Crippen LogP) is 2.31. The number of carbonyl (C=O) groups excluding carboxylic acids is 2. The van der Waals surface area contributed by atoms with Crippen molar-refractivity contribution in [2.45, 2.75) is 0 Å². The van der Waals surface area contributed by atoms with Gasteiger partial charge in [0.05, 0.1) is 31.5 Å². The third-order valence-electron chi connectivity index (χ3n) is 3.75. The van der Waals surface area contributed by atoms with Crippen molar-refractivity contribution in [1.29, 1.82) is 0 Å². The molecule has 1 N–H and O–H groups in total. The Balaban J connectivity index is 1.63. The van der Waals surface area contributed by atoms with Gasteiger partial charge in [0.1, 0.15) is 12.4 Å². The second-order valence-corrected chi connectivity index (χ2v) is 5.35. The fourth-order valence-electron chi connectivity index (χ4n) is 2.57. The summed E-state index contributed by atoms with van der Waals surface area (Å²) in [5, 5.41) is 2.83. The zero-order valence-electron chi connectivity index (χ0n) is 13.3. The molecule has 1 aliphatic heterocycles. The molecule has 0 unspecified atom stereocenters. The molecule has 3 rings (SSSR count). The molecule has 2 aromatic rings. The first-order valence-electron chi connectivity index (χ1n) is 7.62. The van der Waals surface area contributed by atoms with Crippen LogP contribution in [0.5, 0.6) is 5.75 Å². The largest absolute Gasteiger partial charge is 0.490 e. The minimum Gasteiger partial charge on any atom is -0.490 e. The molecule has 0 saturated heterocycles. The molecule has 0 aliphatic carbocycles. The van der Waals surface area contributed by atoms with Gasteiger partial charge in [-0.3, -0.25) is 4.79 Å². The van der Waals surface area contributed by atoms with Gasteiger partial charge in [0.2, 0.25) is 5.91 Å². The van der Waals surface area contributed by atoms with Gasteiger partial charge in [0.25, 0.3) is 0 Å². The number of methoxy groups -OCH3 is 1. The molecule has 0 aromatic heterocycles. The molecule has 6 heteroatoms. The third-order valence-corrected chi connectivity index (χ3v) is 3.75. The Bertz CT molecular complexity index is 743. The molecule has 0 atom stereocenters. The normalized spacial score (nSPS) is 12.8. The lowest BCUT2D eigenvalue weighted by Crippen LogP contribution is -2.38. The Hall–Kier alpha value is -3.02. The van der Waals surface area contributed by atoms with Crippen molar-refractivity contribution in [3.63, 3.8) is 0 Å². The molecular formula is C18H18N2O4. The predicted molar refractivity (Wildman–Crippen MR) is 90.6 cm³/mol. The molecule has 124 valence electrons. The van der Waals surface area contributed by atoms with Gasteiger partial charge in [0, 0.05) is 5.69 Å². The van der Waals surface area contributed by atoms with E-state index in [0.29, 0.717) is 24.4 Å². The summed E-state index contributed by atoms with van der Waals surface area (Å²) in [5.41, 5.74) is 1.99. The maximum absolute atomic E-state index is 12.3. The number of para-hydroxylation sites is 2. The summed E-state index contributed by atoms with van der Waals surface area (Å²) < 4.78 is 10.2. The highest BCUT2D eigenvalue weighted by Gasteiger charge is 2.19. The summed E-state index contributed by atoms with van der Waals surface area (Å²) in [5.74, 6) is 0.259. The van der Waals surface area contributed by atoms with Crippen LogP contribution in [0.3, 0.4) is 0 Å². The number of fused-ring (bicyclic) bond motifs is 1. The molecular weight excluding hydrogens is 308 g/mol. The number of benzene rings is 2. The fraction of sp³-hybridized carbons (Fsp3) is 0.222. The zero-order chi connectivity index (χ0) is 16.9. The van der Waals surface area contributed by atoms with Crippen LogP contribution >= 0.6 is 0 Å². The number of nitrogens with zero attached hydrogens (tertiary/aromatic N) is 1. The van der Waals surface area contributed by atoms with E-state index in [-0.39, 0.29) is 12.5 Å². The van der Waals surface area contributed by atoms with Crippen LogP contribution in [0.2, 0.25) is 0 Å². The molecule has 24 heavy (non-hydrogen) atoms. The Morgan fingerprint density at radius 2 is 1.92 bits per heavy atom. The van der Waals surface area contributed by atoms with E-state index < -0.39 is 5.97 Å². The lowest BCUT2D eigenvalue weighted by atomic mass is 10.2. The third kappa shape index (κ3) is 3.48. The van der Waals surface area contributed by atoms with Gasteiger partial charge >= 0.3 is 5.97 Å². The summed E-state index contributed by atoms with van der Waals surface area (Å²) >= 11 is 0. The average Bonchev–Trinajstić information content (AvgIpc) is 2.62. The molecule has 6 nitrogen and oxygen atoms in total. The van der Waals surface area contributed by atoms with E-state index in [2.05, 4.69) is 10.1 Å². The first-order chi connectivity index (χ1) is 11.7. The number of esters is 1. The second-order valence-electron chi connectivity index (χ2n) is 5.35. The van der Waals surface area contributed by atoms with Gasteiger partial charge < -0.3 is 19.7 Å². The molecule has 0 saturated carbocycles. The Morgan fingerprint density at radius 1 is 1.17 bits per heavy atom. The lowest BCUT2D eigenvalue weighted by Gasteiger charge is -2.30. The topological polar surface area (TPSA) is 67.9 Å². The highest BCUT2D eigenvalue weighted by atomic mass is 16.5. The number of ether oxygens (including phenoxy) is 2. The minimum atomic E-state index is -0.405. The van der Waals surface area contributed by atoms with E-state index in [4.69, 9.17) is 4.74 Å². The van der Waals surface area contributed by atoms with Crippen molar-refractivity contribution in [3.05, 3.63) is 54.1 Å². The first kappa shape index (κ1) is 15.9. The molecule has 1 amide bonds. The van der Waals surface area contributed by atoms with Gasteiger partial charge in [-0.05, 0) is 36.4 Å². The second kappa shape index (κ2) is 7.04. The van der Waals surface area contributed by atoms with Crippen LogP contribution in [0, 0.1) is 0 Å². The number of nitrogens with one attached hydrogen (secondary N) is 1. The van der Waals surface area contributed by atoms with Crippen LogP contribution in [-0.4, -0.2) is 38.7 Å². The molecule has 0 radical (unpaired) electrons. The van der Waals surface area contributed by atoms with Crippen molar-refractivity contribution in [2.75, 3.05) is 37.0 Å². The number of hydrogen-bond acceptors (Lipinski definition) is 5. The summed E-state index contributed by atoms with van der Waals surface area (Å²) in [6.45, 7) is 1.45. The number of carbonyl (C=O) groups is 2. The smallest absolute Gasteiger partial charge is 0.337 e. The Labute approximate surface area is 140 Å². The zero-order valence-corrected chi connectivity index (χ0v) is 13.3. The van der Waals surface area contributed by atoms with Crippen LogP contribution in [0.1, 0.15) is 10.4 Å². The van der Waals surface area contributed by atoms with Crippen LogP contribution < -0.4 is 15.0 Å². The maximum Gasteiger partial charge on any atom is 0.337 e. The molecule has 0 fully saturated rings.